The lowest BCUT2D eigenvalue weighted by molar-refractivity contribution is -0.384. The van der Waals surface area contributed by atoms with Crippen LogP contribution in [-0.4, -0.2) is 37.8 Å². The van der Waals surface area contributed by atoms with Crippen LogP contribution in [0.25, 0.3) is 5.65 Å². The number of nitro benzene ring substituents is 1. The lowest BCUT2D eigenvalue weighted by Gasteiger charge is -2.28. The summed E-state index contributed by atoms with van der Waals surface area (Å²) in [5.74, 6) is 0.484. The van der Waals surface area contributed by atoms with Crippen molar-refractivity contribution in [3.63, 3.8) is 0 Å². The highest BCUT2D eigenvalue weighted by molar-refractivity contribution is 6.30. The van der Waals surface area contributed by atoms with Crippen LogP contribution in [-0.2, 0) is 4.74 Å². The van der Waals surface area contributed by atoms with Gasteiger partial charge in [-0.2, -0.15) is 9.61 Å². The van der Waals surface area contributed by atoms with Crippen molar-refractivity contribution in [3.05, 3.63) is 51.3 Å². The molecule has 0 radical (unpaired) electrons. The number of anilines is 2. The van der Waals surface area contributed by atoms with E-state index in [-0.39, 0.29) is 22.3 Å². The quantitative estimate of drug-likeness (QED) is 0.304. The maximum atomic E-state index is 13.3. The lowest BCUT2D eigenvalue weighted by Crippen LogP contribution is -2.35. The third-order valence-corrected chi connectivity index (χ3v) is 4.53. The molecule has 2 heterocycles. The van der Waals surface area contributed by atoms with Gasteiger partial charge in [0.1, 0.15) is 22.2 Å². The van der Waals surface area contributed by atoms with Crippen LogP contribution in [0.5, 0.6) is 5.75 Å². The Morgan fingerprint density at radius 2 is 2.03 bits per heavy atom. The van der Waals surface area contributed by atoms with Gasteiger partial charge in [-0.3, -0.25) is 10.1 Å². The van der Waals surface area contributed by atoms with Crippen LogP contribution >= 0.6 is 11.6 Å². The molecule has 0 fully saturated rings. The summed E-state index contributed by atoms with van der Waals surface area (Å²) in [4.78, 5) is 29.9. The summed E-state index contributed by atoms with van der Waals surface area (Å²) in [7, 11) is 0. The Kier molecular flexibility index (Phi) is 6.03. The van der Waals surface area contributed by atoms with Crippen molar-refractivity contribution >= 4 is 40.5 Å². The molecule has 31 heavy (non-hydrogen) atoms. The zero-order valence-electron chi connectivity index (χ0n) is 17.7. The zero-order valence-corrected chi connectivity index (χ0v) is 18.5. The number of hydrogen-bond donors (Lipinski definition) is 0. The highest BCUT2D eigenvalue weighted by Gasteiger charge is 2.34. The number of aromatic nitrogens is 3. The third-order valence-electron chi connectivity index (χ3n) is 4.16. The van der Waals surface area contributed by atoms with E-state index in [4.69, 9.17) is 21.1 Å². The van der Waals surface area contributed by atoms with Gasteiger partial charge >= 0.3 is 6.09 Å². The van der Waals surface area contributed by atoms with Gasteiger partial charge in [-0.15, -0.1) is 0 Å². The molecule has 0 aliphatic rings. The summed E-state index contributed by atoms with van der Waals surface area (Å²) in [6.07, 6.45) is 0.656. The second-order valence-electron chi connectivity index (χ2n) is 7.61. The largest absolute Gasteiger partial charge is 0.494 e. The molecule has 11 heteroatoms. The number of ether oxygens (including phenoxy) is 2. The molecule has 0 spiro atoms. The van der Waals surface area contributed by atoms with Gasteiger partial charge in [-0.1, -0.05) is 11.6 Å². The molecule has 0 atom stereocenters. The van der Waals surface area contributed by atoms with E-state index < -0.39 is 16.6 Å². The van der Waals surface area contributed by atoms with E-state index in [0.717, 1.165) is 4.90 Å². The predicted molar refractivity (Wildman–Crippen MR) is 115 cm³/mol. The van der Waals surface area contributed by atoms with Gasteiger partial charge in [0.25, 0.3) is 5.69 Å². The number of rotatable bonds is 5. The van der Waals surface area contributed by atoms with Crippen LogP contribution in [0.1, 0.15) is 33.3 Å². The summed E-state index contributed by atoms with van der Waals surface area (Å²) in [5, 5.41) is 16.2. The molecular formula is C20H22ClN5O5. The van der Waals surface area contributed by atoms with Crippen LogP contribution in [0, 0.1) is 17.0 Å². The summed E-state index contributed by atoms with van der Waals surface area (Å²) < 4.78 is 12.3. The van der Waals surface area contributed by atoms with Crippen molar-refractivity contribution in [2.75, 3.05) is 11.5 Å². The first kappa shape index (κ1) is 22.3. The van der Waals surface area contributed by atoms with Gasteiger partial charge < -0.3 is 9.47 Å². The minimum Gasteiger partial charge on any atom is -0.494 e. The lowest BCUT2D eigenvalue weighted by atomic mass is 10.2. The van der Waals surface area contributed by atoms with E-state index >= 15 is 0 Å². The second kappa shape index (κ2) is 8.38. The van der Waals surface area contributed by atoms with E-state index in [0.29, 0.717) is 23.6 Å². The Labute approximate surface area is 183 Å². The van der Waals surface area contributed by atoms with E-state index in [1.165, 1.54) is 22.8 Å². The van der Waals surface area contributed by atoms with Crippen molar-refractivity contribution in [2.45, 2.75) is 40.2 Å². The molecule has 164 valence electrons. The van der Waals surface area contributed by atoms with Gasteiger partial charge in [-0.05, 0) is 46.8 Å². The molecule has 0 saturated heterocycles. The van der Waals surface area contributed by atoms with E-state index in [1.54, 1.807) is 46.8 Å². The topological polar surface area (TPSA) is 112 Å². The van der Waals surface area contributed by atoms with Crippen LogP contribution in [0.4, 0.5) is 22.0 Å². The first-order chi connectivity index (χ1) is 14.5. The first-order valence-corrected chi connectivity index (χ1v) is 9.85. The van der Waals surface area contributed by atoms with E-state index in [2.05, 4.69) is 10.1 Å². The molecule has 1 aromatic carbocycles. The number of amides is 1. The Bertz CT molecular complexity index is 1150. The van der Waals surface area contributed by atoms with Crippen LogP contribution in [0.15, 0.2) is 30.5 Å². The molecular weight excluding hydrogens is 426 g/mol. The average molecular weight is 448 g/mol. The minimum absolute atomic E-state index is 0.0233. The van der Waals surface area contributed by atoms with Crippen LogP contribution in [0.2, 0.25) is 5.15 Å². The fourth-order valence-electron chi connectivity index (χ4n) is 2.94. The van der Waals surface area contributed by atoms with Crippen molar-refractivity contribution in [2.24, 2.45) is 0 Å². The molecule has 10 nitrogen and oxygen atoms in total. The average Bonchev–Trinajstić information content (AvgIpc) is 3.12. The predicted octanol–water partition coefficient (Wildman–Crippen LogP) is 5.07. The molecule has 3 rings (SSSR count). The first-order valence-electron chi connectivity index (χ1n) is 9.47. The number of carbonyl (C=O) groups is 1. The molecule has 0 saturated carbocycles. The maximum Gasteiger partial charge on any atom is 0.420 e. The fraction of sp³-hybridized carbons (Fsp3) is 0.350. The molecule has 0 aliphatic carbocycles. The van der Waals surface area contributed by atoms with Crippen molar-refractivity contribution in [1.82, 2.24) is 14.6 Å². The molecule has 3 aromatic rings. The summed E-state index contributed by atoms with van der Waals surface area (Å²) in [5.41, 5.74) is -0.461. The Balaban J connectivity index is 2.33. The van der Waals surface area contributed by atoms with Gasteiger partial charge in [-0.25, -0.2) is 14.7 Å². The number of carbonyl (C=O) groups excluding carboxylic acids is 1. The van der Waals surface area contributed by atoms with Gasteiger partial charge in [0, 0.05) is 11.6 Å². The Morgan fingerprint density at radius 3 is 2.65 bits per heavy atom. The number of halogens is 1. The molecule has 0 N–H and O–H groups in total. The van der Waals surface area contributed by atoms with Crippen LogP contribution in [0.3, 0.4) is 0 Å². The van der Waals surface area contributed by atoms with E-state index in [1.807, 2.05) is 0 Å². The molecule has 0 unspecified atom stereocenters. The number of fused-ring (bicyclic) bond motifs is 1. The van der Waals surface area contributed by atoms with Gasteiger partial charge in [0.15, 0.2) is 11.5 Å². The molecule has 0 aliphatic heterocycles. The second-order valence-corrected chi connectivity index (χ2v) is 7.97. The van der Waals surface area contributed by atoms with E-state index in [9.17, 15) is 14.9 Å². The summed E-state index contributed by atoms with van der Waals surface area (Å²) >= 11 is 6.30. The Morgan fingerprint density at radius 1 is 1.32 bits per heavy atom. The standard InChI is InChI=1S/C20H22ClN5O5/c1-6-30-13-7-8-14(15(11-13)26(28)29)24(19(27)31-20(3,4)5)18-12(2)17(21)23-16-9-10-22-25(16)18/h7-11H,6H2,1-5H3. The number of hydrogen-bond acceptors (Lipinski definition) is 7. The fourth-order valence-corrected chi connectivity index (χ4v) is 3.11. The number of nitro groups is 1. The molecule has 2 aromatic heterocycles. The number of nitrogens with zero attached hydrogens (tertiary/aromatic N) is 5. The van der Waals surface area contributed by atoms with Crippen molar-refractivity contribution < 1.29 is 19.2 Å². The van der Waals surface area contributed by atoms with Gasteiger partial charge in [0.2, 0.25) is 0 Å². The number of benzene rings is 1. The normalized spacial score (nSPS) is 11.4. The summed E-state index contributed by atoms with van der Waals surface area (Å²) in [6.45, 7) is 8.84. The molecule has 1 amide bonds. The highest BCUT2D eigenvalue weighted by Crippen LogP contribution is 2.39. The van der Waals surface area contributed by atoms with Crippen molar-refractivity contribution in [3.8, 4) is 5.75 Å². The van der Waals surface area contributed by atoms with Crippen LogP contribution < -0.4 is 9.64 Å². The third kappa shape index (κ3) is 4.53. The Hall–Kier alpha value is -3.40. The SMILES string of the molecule is CCOc1ccc(N(C(=O)OC(C)(C)C)c2c(C)c(Cl)nc3ccnn23)c([N+](=O)[O-])c1. The maximum absolute atomic E-state index is 13.3. The smallest absolute Gasteiger partial charge is 0.420 e. The van der Waals surface area contributed by atoms with Gasteiger partial charge in [0.05, 0.1) is 23.8 Å². The monoisotopic (exact) mass is 447 g/mol. The summed E-state index contributed by atoms with van der Waals surface area (Å²) in [6, 6.07) is 5.83. The minimum atomic E-state index is -0.858. The molecule has 0 bridgehead atoms. The van der Waals surface area contributed by atoms with Crippen molar-refractivity contribution in [1.29, 1.82) is 0 Å². The zero-order chi connectivity index (χ0) is 22.9. The highest BCUT2D eigenvalue weighted by atomic mass is 35.5.